The SMILES string of the molecule is CCC1=CSCN1Cc1ccccc1. The van der Waals surface area contributed by atoms with Crippen LogP contribution < -0.4 is 0 Å². The Morgan fingerprint density at radius 2 is 2.07 bits per heavy atom. The molecule has 2 rings (SSSR count). The summed E-state index contributed by atoms with van der Waals surface area (Å²) in [6.07, 6.45) is 1.14. The molecule has 0 unspecified atom stereocenters. The van der Waals surface area contributed by atoms with Crippen molar-refractivity contribution in [3.63, 3.8) is 0 Å². The first-order valence-corrected chi connectivity index (χ1v) is 6.04. The first-order chi connectivity index (χ1) is 6.90. The summed E-state index contributed by atoms with van der Waals surface area (Å²) in [4.78, 5) is 2.44. The molecule has 2 heteroatoms. The molecule has 0 aromatic heterocycles. The average molecular weight is 205 g/mol. The minimum absolute atomic E-state index is 1.05. The van der Waals surface area contributed by atoms with E-state index in [-0.39, 0.29) is 0 Å². The minimum Gasteiger partial charge on any atom is -0.360 e. The number of hydrogen-bond acceptors (Lipinski definition) is 2. The van der Waals surface area contributed by atoms with Crippen LogP contribution in [0, 0.1) is 0 Å². The van der Waals surface area contributed by atoms with E-state index in [0.29, 0.717) is 0 Å². The molecule has 0 saturated carbocycles. The van der Waals surface area contributed by atoms with Gasteiger partial charge >= 0.3 is 0 Å². The van der Waals surface area contributed by atoms with Crippen LogP contribution in [-0.4, -0.2) is 10.8 Å². The first kappa shape index (κ1) is 9.66. The molecule has 0 saturated heterocycles. The Kier molecular flexibility index (Phi) is 3.14. The summed E-state index contributed by atoms with van der Waals surface area (Å²) in [6.45, 7) is 3.27. The molecule has 74 valence electrons. The smallest absolute Gasteiger partial charge is 0.0681 e. The Balaban J connectivity index is 2.02. The molecule has 1 nitrogen and oxygen atoms in total. The zero-order valence-electron chi connectivity index (χ0n) is 8.44. The summed E-state index contributed by atoms with van der Waals surface area (Å²) in [5.41, 5.74) is 2.87. The lowest BCUT2D eigenvalue weighted by Crippen LogP contribution is -2.17. The number of allylic oxidation sites excluding steroid dienone is 1. The maximum absolute atomic E-state index is 2.44. The lowest BCUT2D eigenvalue weighted by molar-refractivity contribution is 0.392. The van der Waals surface area contributed by atoms with Crippen LogP contribution >= 0.6 is 11.8 Å². The van der Waals surface area contributed by atoms with E-state index in [0.717, 1.165) is 18.8 Å². The normalized spacial score (nSPS) is 15.8. The van der Waals surface area contributed by atoms with E-state index in [9.17, 15) is 0 Å². The molecular formula is C12H15NS. The molecule has 0 amide bonds. The van der Waals surface area contributed by atoms with Gasteiger partial charge in [0.25, 0.3) is 0 Å². The lowest BCUT2D eigenvalue weighted by atomic mass is 10.2. The molecule has 14 heavy (non-hydrogen) atoms. The van der Waals surface area contributed by atoms with Crippen molar-refractivity contribution in [1.29, 1.82) is 0 Å². The van der Waals surface area contributed by atoms with Crippen LogP contribution in [0.3, 0.4) is 0 Å². The van der Waals surface area contributed by atoms with E-state index in [1.165, 1.54) is 11.3 Å². The molecule has 0 N–H and O–H groups in total. The quantitative estimate of drug-likeness (QED) is 0.743. The lowest BCUT2D eigenvalue weighted by Gasteiger charge is -2.20. The highest BCUT2D eigenvalue weighted by atomic mass is 32.2. The molecule has 0 spiro atoms. The molecule has 0 bridgehead atoms. The third-order valence-corrected chi connectivity index (χ3v) is 3.33. The van der Waals surface area contributed by atoms with Crippen LogP contribution in [0.2, 0.25) is 0 Å². The van der Waals surface area contributed by atoms with Gasteiger partial charge in [-0.3, -0.25) is 0 Å². The van der Waals surface area contributed by atoms with Crippen LogP contribution in [-0.2, 0) is 6.54 Å². The summed E-state index contributed by atoms with van der Waals surface area (Å²) in [5, 5.41) is 2.28. The van der Waals surface area contributed by atoms with Crippen molar-refractivity contribution in [3.8, 4) is 0 Å². The molecule has 0 atom stereocenters. The van der Waals surface area contributed by atoms with Gasteiger partial charge in [0.2, 0.25) is 0 Å². The highest BCUT2D eigenvalue weighted by molar-refractivity contribution is 8.02. The third kappa shape index (κ3) is 2.13. The summed E-state index contributed by atoms with van der Waals surface area (Å²) in [7, 11) is 0. The number of benzene rings is 1. The monoisotopic (exact) mass is 205 g/mol. The summed E-state index contributed by atoms with van der Waals surface area (Å²) in [5.74, 6) is 1.11. The van der Waals surface area contributed by atoms with Gasteiger partial charge < -0.3 is 4.90 Å². The number of thioether (sulfide) groups is 1. The Morgan fingerprint density at radius 1 is 1.29 bits per heavy atom. The van der Waals surface area contributed by atoms with Gasteiger partial charge in [0, 0.05) is 12.2 Å². The summed E-state index contributed by atoms with van der Waals surface area (Å²) < 4.78 is 0. The van der Waals surface area contributed by atoms with E-state index in [2.05, 4.69) is 47.6 Å². The van der Waals surface area contributed by atoms with Crippen LogP contribution in [0.4, 0.5) is 0 Å². The molecule has 1 aliphatic rings. The third-order valence-electron chi connectivity index (χ3n) is 2.43. The van der Waals surface area contributed by atoms with E-state index in [1.54, 1.807) is 0 Å². The van der Waals surface area contributed by atoms with Gasteiger partial charge in [0.15, 0.2) is 0 Å². The fourth-order valence-electron chi connectivity index (χ4n) is 1.64. The van der Waals surface area contributed by atoms with Crippen molar-refractivity contribution >= 4 is 11.8 Å². The zero-order valence-corrected chi connectivity index (χ0v) is 9.26. The van der Waals surface area contributed by atoms with Gasteiger partial charge in [-0.25, -0.2) is 0 Å². The second kappa shape index (κ2) is 4.56. The van der Waals surface area contributed by atoms with Gasteiger partial charge in [-0.1, -0.05) is 37.3 Å². The molecule has 1 aliphatic heterocycles. The number of nitrogens with zero attached hydrogens (tertiary/aromatic N) is 1. The highest BCUT2D eigenvalue weighted by Gasteiger charge is 2.13. The van der Waals surface area contributed by atoms with E-state index in [4.69, 9.17) is 0 Å². The van der Waals surface area contributed by atoms with Crippen molar-refractivity contribution in [1.82, 2.24) is 4.90 Å². The second-order valence-electron chi connectivity index (χ2n) is 3.44. The van der Waals surface area contributed by atoms with Crippen molar-refractivity contribution in [2.24, 2.45) is 0 Å². The topological polar surface area (TPSA) is 3.24 Å². The van der Waals surface area contributed by atoms with Gasteiger partial charge in [-0.05, 0) is 17.4 Å². The van der Waals surface area contributed by atoms with Gasteiger partial charge in [-0.15, -0.1) is 11.8 Å². The standard InChI is InChI=1S/C12H15NS/c1-2-12-9-14-10-13(12)8-11-6-4-3-5-7-11/h3-7,9H,2,8,10H2,1H3. The zero-order chi connectivity index (χ0) is 9.80. The van der Waals surface area contributed by atoms with Gasteiger partial charge in [0.1, 0.15) is 0 Å². The summed E-state index contributed by atoms with van der Waals surface area (Å²) >= 11 is 1.90. The Labute approximate surface area is 89.8 Å². The number of hydrogen-bond donors (Lipinski definition) is 0. The Bertz CT molecular complexity index is 318. The molecule has 1 aromatic rings. The van der Waals surface area contributed by atoms with Crippen molar-refractivity contribution in [2.75, 3.05) is 5.88 Å². The molecule has 1 aromatic carbocycles. The molecule has 0 radical (unpaired) electrons. The predicted octanol–water partition coefficient (Wildman–Crippen LogP) is 3.44. The van der Waals surface area contributed by atoms with Gasteiger partial charge in [-0.2, -0.15) is 0 Å². The van der Waals surface area contributed by atoms with E-state index in [1.807, 2.05) is 11.8 Å². The maximum Gasteiger partial charge on any atom is 0.0681 e. The van der Waals surface area contributed by atoms with Crippen molar-refractivity contribution in [3.05, 3.63) is 47.0 Å². The largest absolute Gasteiger partial charge is 0.360 e. The number of rotatable bonds is 3. The van der Waals surface area contributed by atoms with Crippen molar-refractivity contribution in [2.45, 2.75) is 19.9 Å². The second-order valence-corrected chi connectivity index (χ2v) is 4.27. The van der Waals surface area contributed by atoms with Crippen molar-refractivity contribution < 1.29 is 0 Å². The average Bonchev–Trinajstić information content (AvgIpc) is 2.67. The first-order valence-electron chi connectivity index (χ1n) is 4.99. The van der Waals surface area contributed by atoms with E-state index >= 15 is 0 Å². The van der Waals surface area contributed by atoms with Gasteiger partial charge in [0.05, 0.1) is 5.88 Å². The maximum atomic E-state index is 2.44. The Morgan fingerprint density at radius 3 is 2.79 bits per heavy atom. The fourth-order valence-corrected chi connectivity index (χ4v) is 2.66. The van der Waals surface area contributed by atoms with Crippen LogP contribution in [0.1, 0.15) is 18.9 Å². The molecule has 1 heterocycles. The van der Waals surface area contributed by atoms with E-state index < -0.39 is 0 Å². The predicted molar refractivity (Wildman–Crippen MR) is 62.8 cm³/mol. The Hall–Kier alpha value is -0.890. The highest BCUT2D eigenvalue weighted by Crippen LogP contribution is 2.26. The molecule has 0 fully saturated rings. The van der Waals surface area contributed by atoms with Crippen LogP contribution in [0.5, 0.6) is 0 Å². The van der Waals surface area contributed by atoms with Crippen LogP contribution in [0.25, 0.3) is 0 Å². The molecule has 0 aliphatic carbocycles. The van der Waals surface area contributed by atoms with Crippen LogP contribution in [0.15, 0.2) is 41.4 Å². The summed E-state index contributed by atoms with van der Waals surface area (Å²) in [6, 6.07) is 10.7. The minimum atomic E-state index is 1.05. The fraction of sp³-hybridized carbons (Fsp3) is 0.333. The molecular weight excluding hydrogens is 190 g/mol.